The van der Waals surface area contributed by atoms with Crippen LogP contribution in [-0.4, -0.2) is 85.6 Å². The van der Waals surface area contributed by atoms with Gasteiger partial charge in [-0.15, -0.1) is 5.10 Å². The minimum absolute atomic E-state index is 0.0694. The fraction of sp³-hybridized carbons (Fsp3) is 0.319. The summed E-state index contributed by atoms with van der Waals surface area (Å²) in [5, 5.41) is 23.5. The maximum Gasteiger partial charge on any atom is 0.390 e. The fourth-order valence-electron chi connectivity index (χ4n) is 7.33. The number of rotatable bonds is 15. The van der Waals surface area contributed by atoms with Crippen LogP contribution in [0, 0.1) is 19.7 Å². The summed E-state index contributed by atoms with van der Waals surface area (Å²) in [5.74, 6) is -0.487. The van der Waals surface area contributed by atoms with Crippen LogP contribution >= 0.6 is 15.9 Å². The Labute approximate surface area is 398 Å². The van der Waals surface area contributed by atoms with Crippen LogP contribution in [0.1, 0.15) is 70.4 Å². The first-order valence-electron chi connectivity index (χ1n) is 21.8. The van der Waals surface area contributed by atoms with Crippen LogP contribution in [0.15, 0.2) is 83.7 Å². The number of hydrogen-bond acceptors (Lipinski definition) is 10. The number of halogens is 8. The van der Waals surface area contributed by atoms with E-state index in [9.17, 15) is 40.3 Å². The minimum atomic E-state index is -4.33. The van der Waals surface area contributed by atoms with E-state index >= 15 is 0 Å². The van der Waals surface area contributed by atoms with Gasteiger partial charge in [-0.25, -0.2) is 23.4 Å². The molecule has 14 nitrogen and oxygen atoms in total. The molecule has 2 fully saturated rings. The molecule has 9 rings (SSSR count). The van der Waals surface area contributed by atoms with E-state index in [-0.39, 0.29) is 48.6 Å². The molecule has 69 heavy (non-hydrogen) atoms. The van der Waals surface area contributed by atoms with Crippen molar-refractivity contribution in [2.75, 3.05) is 36.1 Å². The van der Waals surface area contributed by atoms with Gasteiger partial charge in [-0.2, -0.15) is 31.4 Å². The summed E-state index contributed by atoms with van der Waals surface area (Å²) in [6, 6.07) is 18.7. The molecule has 0 saturated heterocycles. The Morgan fingerprint density at radius 1 is 0.696 bits per heavy atom. The van der Waals surface area contributed by atoms with E-state index in [4.69, 9.17) is 4.74 Å². The van der Waals surface area contributed by atoms with Gasteiger partial charge in [0.25, 0.3) is 11.8 Å². The molecule has 0 unspecified atom stereocenters. The number of alkyl halides is 6. The highest BCUT2D eigenvalue weighted by atomic mass is 79.9. The predicted octanol–water partition coefficient (Wildman–Crippen LogP) is 10.6. The van der Waals surface area contributed by atoms with Crippen LogP contribution in [0.3, 0.4) is 0 Å². The molecule has 3 aromatic carbocycles. The van der Waals surface area contributed by atoms with Crippen molar-refractivity contribution in [1.82, 2.24) is 39.8 Å². The van der Waals surface area contributed by atoms with Gasteiger partial charge in [-0.1, -0.05) is 12.1 Å². The SMILES string of the molecule is COc1ccc(Nc2cc(NCCC(F)(F)F)c3ncc(-c4ccc(C(=O)NC5CC5)c(C)c4)n3n2)cc1F.Cc1cc(-c2cnc3c(NCCC(F)(F)F)cc(Br)nn23)ccc1C(=O)NC1CC1. The molecule has 7 aromatic rings. The topological polar surface area (TPSA) is 164 Å². The number of hydrogen-bond donors (Lipinski definition) is 5. The van der Waals surface area contributed by atoms with Crippen molar-refractivity contribution in [3.8, 4) is 28.3 Å². The normalized spacial score (nSPS) is 13.7. The standard InChI is InChI=1S/C27H26F4N6O2.C20H19BrF3N5O/c1-15-11-16(3-7-19(15)26(38)35-17-4-5-17)22-14-33-25-21(32-10-9-27(29,30)31)13-24(36-37(22)25)34-18-6-8-23(39-2)20(28)12-18;1-11-8-12(2-5-14(11)19(30)27-13-3-4-13)16-10-26-18-15(9-17(21)28-29(16)18)25-7-6-20(22,23)24/h3,6-8,11-14,17,32H,4-5,9-10H2,1-2H3,(H,34,36)(H,35,38);2,5,8-10,13,25H,3-4,6-7H2,1H3,(H,27,30). The minimum Gasteiger partial charge on any atom is -0.494 e. The number of anilines is 4. The van der Waals surface area contributed by atoms with E-state index in [1.165, 1.54) is 29.8 Å². The zero-order chi connectivity index (χ0) is 49.2. The second-order valence-corrected chi connectivity index (χ2v) is 17.5. The van der Waals surface area contributed by atoms with Crippen LogP contribution in [0.2, 0.25) is 0 Å². The Hall–Kier alpha value is -6.97. The van der Waals surface area contributed by atoms with Crippen molar-refractivity contribution in [3.05, 3.63) is 112 Å². The van der Waals surface area contributed by atoms with Gasteiger partial charge in [0.05, 0.1) is 55.1 Å². The average Bonchev–Trinajstić information content (AvgIpc) is 4.19. The van der Waals surface area contributed by atoms with Crippen molar-refractivity contribution in [1.29, 1.82) is 0 Å². The predicted molar refractivity (Wildman–Crippen MR) is 250 cm³/mol. The molecule has 0 spiro atoms. The quantitative estimate of drug-likeness (QED) is 0.0625. The van der Waals surface area contributed by atoms with Crippen molar-refractivity contribution in [3.63, 3.8) is 0 Å². The molecule has 0 atom stereocenters. The number of benzene rings is 3. The molecule has 4 heterocycles. The first-order chi connectivity index (χ1) is 32.8. The highest BCUT2D eigenvalue weighted by molar-refractivity contribution is 9.10. The van der Waals surface area contributed by atoms with Gasteiger partial charge in [0.1, 0.15) is 4.60 Å². The number of nitrogens with one attached hydrogen (secondary N) is 5. The Morgan fingerprint density at radius 3 is 1.64 bits per heavy atom. The molecule has 0 aliphatic heterocycles. The number of ether oxygens (including phenoxy) is 1. The van der Waals surface area contributed by atoms with Crippen molar-refractivity contribution < 1.29 is 45.1 Å². The van der Waals surface area contributed by atoms with E-state index in [0.29, 0.717) is 61.0 Å². The maximum atomic E-state index is 14.3. The summed E-state index contributed by atoms with van der Waals surface area (Å²) in [4.78, 5) is 33.6. The number of carbonyl (C=O) groups excluding carboxylic acids is 2. The van der Waals surface area contributed by atoms with Crippen LogP contribution in [0.4, 0.5) is 53.6 Å². The van der Waals surface area contributed by atoms with Crippen LogP contribution in [0.25, 0.3) is 33.8 Å². The van der Waals surface area contributed by atoms with E-state index in [1.54, 1.807) is 47.2 Å². The van der Waals surface area contributed by atoms with E-state index in [1.807, 2.05) is 32.0 Å². The third-order valence-electron chi connectivity index (χ3n) is 11.1. The zero-order valence-corrected chi connectivity index (χ0v) is 38.8. The third-order valence-corrected chi connectivity index (χ3v) is 11.5. The molecule has 4 aromatic heterocycles. The van der Waals surface area contributed by atoms with Crippen LogP contribution < -0.4 is 31.3 Å². The Balaban J connectivity index is 0.000000192. The molecule has 2 aliphatic carbocycles. The average molecular weight is 1020 g/mol. The molecular formula is C47H45BrF7N11O3. The van der Waals surface area contributed by atoms with Crippen molar-refractivity contribution >= 4 is 61.9 Å². The van der Waals surface area contributed by atoms with E-state index < -0.39 is 31.0 Å². The van der Waals surface area contributed by atoms with Crippen molar-refractivity contribution in [2.24, 2.45) is 0 Å². The summed E-state index contributed by atoms with van der Waals surface area (Å²) >= 11 is 3.31. The van der Waals surface area contributed by atoms with Gasteiger partial charge in [-0.3, -0.25) is 9.59 Å². The summed E-state index contributed by atoms with van der Waals surface area (Å²) in [6.07, 6.45) is -3.38. The number of fused-ring (bicyclic) bond motifs is 2. The fourth-order valence-corrected chi connectivity index (χ4v) is 7.72. The molecule has 5 N–H and O–H groups in total. The van der Waals surface area contributed by atoms with Crippen LogP contribution in [0.5, 0.6) is 5.75 Å². The molecular weight excluding hydrogens is 979 g/mol. The number of methoxy groups -OCH3 is 1. The lowest BCUT2D eigenvalue weighted by Crippen LogP contribution is -2.26. The second kappa shape index (κ2) is 19.9. The summed E-state index contributed by atoms with van der Waals surface area (Å²) in [6.45, 7) is 3.06. The first-order valence-corrected chi connectivity index (χ1v) is 22.6. The molecule has 0 bridgehead atoms. The second-order valence-electron chi connectivity index (χ2n) is 16.7. The molecule has 2 saturated carbocycles. The van der Waals surface area contributed by atoms with Gasteiger partial charge in [0.15, 0.2) is 28.7 Å². The highest BCUT2D eigenvalue weighted by Gasteiger charge is 2.29. The molecule has 0 radical (unpaired) electrons. The number of imidazole rings is 2. The lowest BCUT2D eigenvalue weighted by atomic mass is 10.0. The first kappa shape index (κ1) is 48.5. The number of nitrogens with zero attached hydrogens (tertiary/aromatic N) is 6. The smallest absolute Gasteiger partial charge is 0.390 e. The molecule has 2 aliphatic rings. The lowest BCUT2D eigenvalue weighted by molar-refractivity contribution is -0.132. The van der Waals surface area contributed by atoms with Gasteiger partial charge >= 0.3 is 12.4 Å². The highest BCUT2D eigenvalue weighted by Crippen LogP contribution is 2.32. The summed E-state index contributed by atoms with van der Waals surface area (Å²) < 4.78 is 98.5. The Kier molecular flexibility index (Phi) is 14.0. The summed E-state index contributed by atoms with van der Waals surface area (Å²) in [5.41, 5.74) is 7.35. The van der Waals surface area contributed by atoms with Crippen molar-refractivity contribution in [2.45, 2.75) is 76.8 Å². The number of amides is 2. The van der Waals surface area contributed by atoms with Gasteiger partial charge in [-0.05, 0) is 109 Å². The number of aromatic nitrogens is 6. The summed E-state index contributed by atoms with van der Waals surface area (Å²) in [7, 11) is 1.36. The number of aryl methyl sites for hydroxylation is 2. The van der Waals surface area contributed by atoms with E-state index in [2.05, 4.69) is 62.7 Å². The van der Waals surface area contributed by atoms with Gasteiger partial charge < -0.3 is 31.3 Å². The number of carbonyl (C=O) groups is 2. The van der Waals surface area contributed by atoms with E-state index in [0.717, 1.165) is 42.4 Å². The largest absolute Gasteiger partial charge is 0.494 e. The molecule has 22 heteroatoms. The lowest BCUT2D eigenvalue weighted by Gasteiger charge is -2.14. The van der Waals surface area contributed by atoms with Gasteiger partial charge in [0, 0.05) is 65.2 Å². The Bertz CT molecular complexity index is 3040. The molecule has 2 amide bonds. The Morgan fingerprint density at radius 2 is 1.19 bits per heavy atom. The monoisotopic (exact) mass is 1020 g/mol. The zero-order valence-electron chi connectivity index (χ0n) is 37.2. The maximum absolute atomic E-state index is 14.3. The molecule has 362 valence electrons. The third kappa shape index (κ3) is 12.2. The van der Waals surface area contributed by atoms with Crippen LogP contribution in [-0.2, 0) is 0 Å². The van der Waals surface area contributed by atoms with Gasteiger partial charge in [0.2, 0.25) is 0 Å².